The van der Waals surface area contributed by atoms with Crippen molar-refractivity contribution in [3.05, 3.63) is 5.69 Å². The fraction of sp³-hybridized carbons (Fsp3) is 0.556. The first-order valence-electron chi connectivity index (χ1n) is 5.02. The Morgan fingerprint density at radius 1 is 1.41 bits per heavy atom. The van der Waals surface area contributed by atoms with Gasteiger partial charge in [-0.05, 0) is 5.92 Å². The maximum atomic E-state index is 11.7. The topological polar surface area (TPSA) is 123 Å². The maximum Gasteiger partial charge on any atom is 0.328 e. The monoisotopic (exact) mass is 241 g/mol. The molecule has 17 heavy (non-hydrogen) atoms. The van der Waals surface area contributed by atoms with Crippen molar-refractivity contribution in [1.82, 2.24) is 20.7 Å². The first-order chi connectivity index (χ1) is 7.97. The molecule has 0 aromatic carbocycles. The molecule has 8 heteroatoms. The first kappa shape index (κ1) is 12.9. The van der Waals surface area contributed by atoms with Gasteiger partial charge in [0, 0.05) is 0 Å². The van der Waals surface area contributed by atoms with Crippen molar-refractivity contribution in [3.63, 3.8) is 0 Å². The summed E-state index contributed by atoms with van der Waals surface area (Å²) < 4.78 is 4.59. The van der Waals surface area contributed by atoms with Crippen LogP contribution in [0, 0.1) is 5.92 Å². The van der Waals surface area contributed by atoms with Crippen LogP contribution in [-0.4, -0.2) is 40.4 Å². The highest BCUT2D eigenvalue weighted by atomic mass is 16.5. The molecule has 1 atom stereocenters. The van der Waals surface area contributed by atoms with Crippen LogP contribution in [0.1, 0.15) is 24.3 Å². The van der Waals surface area contributed by atoms with Gasteiger partial charge in [-0.15, -0.1) is 10.2 Å². The van der Waals surface area contributed by atoms with Crippen LogP contribution >= 0.6 is 0 Å². The van der Waals surface area contributed by atoms with Crippen LogP contribution in [0.5, 0.6) is 0 Å². The minimum Gasteiger partial charge on any atom is -0.467 e. The number of hydrogen-bond acceptors (Lipinski definition) is 6. The highest BCUT2D eigenvalue weighted by Crippen LogP contribution is 2.07. The van der Waals surface area contributed by atoms with E-state index in [1.165, 1.54) is 7.11 Å². The van der Waals surface area contributed by atoms with Gasteiger partial charge in [-0.3, -0.25) is 4.79 Å². The third kappa shape index (κ3) is 2.92. The Kier molecular flexibility index (Phi) is 4.02. The summed E-state index contributed by atoms with van der Waals surface area (Å²) in [6, 6.07) is -0.747. The average Bonchev–Trinajstić information content (AvgIpc) is 2.70. The summed E-state index contributed by atoms with van der Waals surface area (Å²) in [4.78, 5) is 23.2. The molecule has 0 aliphatic carbocycles. The number of rotatable bonds is 4. The highest BCUT2D eigenvalue weighted by molar-refractivity contribution is 5.98. The summed E-state index contributed by atoms with van der Waals surface area (Å²) in [6.07, 6.45) is 0. The van der Waals surface area contributed by atoms with Crippen molar-refractivity contribution in [1.29, 1.82) is 0 Å². The molecule has 0 bridgehead atoms. The molecule has 0 fully saturated rings. The lowest BCUT2D eigenvalue weighted by atomic mass is 10.0. The van der Waals surface area contributed by atoms with Crippen molar-refractivity contribution in [2.24, 2.45) is 5.92 Å². The van der Waals surface area contributed by atoms with Gasteiger partial charge in [-0.2, -0.15) is 5.21 Å². The number of carbonyl (C=O) groups excluding carboxylic acids is 2. The zero-order chi connectivity index (χ0) is 13.0. The van der Waals surface area contributed by atoms with E-state index in [1.54, 1.807) is 13.8 Å². The Morgan fingerprint density at radius 2 is 2.06 bits per heavy atom. The molecular weight excluding hydrogens is 226 g/mol. The van der Waals surface area contributed by atoms with Crippen LogP contribution < -0.4 is 11.1 Å². The van der Waals surface area contributed by atoms with Crippen LogP contribution in [0.25, 0.3) is 0 Å². The van der Waals surface area contributed by atoms with Crippen molar-refractivity contribution in [2.75, 3.05) is 12.8 Å². The molecule has 0 radical (unpaired) electrons. The normalized spacial score (nSPS) is 12.2. The lowest BCUT2D eigenvalue weighted by Gasteiger charge is -2.19. The lowest BCUT2D eigenvalue weighted by Crippen LogP contribution is -2.45. The molecular formula is C9H15N5O3. The maximum absolute atomic E-state index is 11.7. The summed E-state index contributed by atoms with van der Waals surface area (Å²) >= 11 is 0. The summed E-state index contributed by atoms with van der Waals surface area (Å²) in [6.45, 7) is 3.57. The number of anilines is 1. The van der Waals surface area contributed by atoms with Crippen LogP contribution in [0.2, 0.25) is 0 Å². The number of aromatic nitrogens is 3. The third-order valence-electron chi connectivity index (χ3n) is 2.20. The number of esters is 1. The van der Waals surface area contributed by atoms with Gasteiger partial charge >= 0.3 is 5.97 Å². The smallest absolute Gasteiger partial charge is 0.328 e. The van der Waals surface area contributed by atoms with E-state index < -0.39 is 17.9 Å². The number of nitrogens with one attached hydrogen (secondary N) is 2. The number of H-pyrrole nitrogens is 1. The lowest BCUT2D eigenvalue weighted by molar-refractivity contribution is -0.144. The number of aromatic amines is 1. The largest absolute Gasteiger partial charge is 0.467 e. The van der Waals surface area contributed by atoms with E-state index in [9.17, 15) is 9.59 Å². The van der Waals surface area contributed by atoms with E-state index in [1.807, 2.05) is 0 Å². The number of nitrogens with zero attached hydrogens (tertiary/aromatic N) is 2. The minimum absolute atomic E-state index is 0.0186. The second-order valence-corrected chi connectivity index (χ2v) is 3.78. The Hall–Kier alpha value is -2.12. The van der Waals surface area contributed by atoms with Crippen molar-refractivity contribution < 1.29 is 14.3 Å². The zero-order valence-electron chi connectivity index (χ0n) is 9.85. The van der Waals surface area contributed by atoms with Gasteiger partial charge in [0.05, 0.1) is 7.11 Å². The number of amides is 1. The van der Waals surface area contributed by atoms with Gasteiger partial charge in [0.2, 0.25) is 0 Å². The molecule has 0 aliphatic rings. The number of hydrogen-bond donors (Lipinski definition) is 3. The predicted octanol–water partition coefficient (Wildman–Crippen LogP) is -0.686. The SMILES string of the molecule is COC(=O)C(NC(=O)c1n[nH]nc1N)C(C)C. The van der Waals surface area contributed by atoms with Crippen LogP contribution in [-0.2, 0) is 9.53 Å². The Balaban J connectivity index is 2.78. The average molecular weight is 241 g/mol. The van der Waals surface area contributed by atoms with E-state index in [0.717, 1.165) is 0 Å². The second kappa shape index (κ2) is 5.28. The van der Waals surface area contributed by atoms with Crippen molar-refractivity contribution in [3.8, 4) is 0 Å². The van der Waals surface area contributed by atoms with Crippen molar-refractivity contribution in [2.45, 2.75) is 19.9 Å². The number of nitrogens with two attached hydrogens (primary N) is 1. The van der Waals surface area contributed by atoms with E-state index in [0.29, 0.717) is 0 Å². The Bertz CT molecular complexity index is 415. The van der Waals surface area contributed by atoms with Crippen LogP contribution in [0.3, 0.4) is 0 Å². The Morgan fingerprint density at radius 3 is 2.47 bits per heavy atom. The number of methoxy groups -OCH3 is 1. The number of nitrogen functional groups attached to an aromatic ring is 1. The van der Waals surface area contributed by atoms with Crippen LogP contribution in [0.4, 0.5) is 5.82 Å². The molecule has 1 unspecified atom stereocenters. The zero-order valence-corrected chi connectivity index (χ0v) is 9.85. The van der Waals surface area contributed by atoms with Crippen molar-refractivity contribution >= 4 is 17.7 Å². The quantitative estimate of drug-likeness (QED) is 0.600. The minimum atomic E-state index is -0.747. The van der Waals surface area contributed by atoms with E-state index in [4.69, 9.17) is 5.73 Å². The molecule has 94 valence electrons. The Labute approximate surface area is 97.9 Å². The molecule has 1 aromatic heterocycles. The molecule has 4 N–H and O–H groups in total. The van der Waals surface area contributed by atoms with Gasteiger partial charge < -0.3 is 15.8 Å². The summed E-state index contributed by atoms with van der Waals surface area (Å²) in [7, 11) is 1.26. The molecule has 0 saturated heterocycles. The fourth-order valence-corrected chi connectivity index (χ4v) is 1.24. The standard InChI is InChI=1S/C9H15N5O3/c1-4(2)5(9(16)17-3)11-8(15)6-7(10)13-14-12-6/h4-5H,1-3H3,(H,11,15)(H3,10,12,13,14). The molecule has 0 spiro atoms. The summed E-state index contributed by atoms with van der Waals surface area (Å²) in [5.74, 6) is -1.22. The van der Waals surface area contributed by atoms with E-state index in [2.05, 4.69) is 25.5 Å². The highest BCUT2D eigenvalue weighted by Gasteiger charge is 2.27. The second-order valence-electron chi connectivity index (χ2n) is 3.78. The molecule has 0 saturated carbocycles. The summed E-state index contributed by atoms with van der Waals surface area (Å²) in [5.41, 5.74) is 5.38. The van der Waals surface area contributed by atoms with Gasteiger partial charge in [0.25, 0.3) is 5.91 Å². The molecule has 1 heterocycles. The molecule has 0 aliphatic heterocycles. The van der Waals surface area contributed by atoms with E-state index >= 15 is 0 Å². The van der Waals surface area contributed by atoms with Crippen LogP contribution in [0.15, 0.2) is 0 Å². The summed E-state index contributed by atoms with van der Waals surface area (Å²) in [5, 5.41) is 11.8. The van der Waals surface area contributed by atoms with Gasteiger partial charge in [0.1, 0.15) is 6.04 Å². The molecule has 1 aromatic rings. The number of carbonyl (C=O) groups is 2. The van der Waals surface area contributed by atoms with E-state index in [-0.39, 0.29) is 17.4 Å². The first-order valence-corrected chi connectivity index (χ1v) is 5.02. The third-order valence-corrected chi connectivity index (χ3v) is 2.20. The fourth-order valence-electron chi connectivity index (χ4n) is 1.24. The molecule has 1 rings (SSSR count). The molecule has 8 nitrogen and oxygen atoms in total. The van der Waals surface area contributed by atoms with Gasteiger partial charge in [-0.25, -0.2) is 4.79 Å². The molecule has 1 amide bonds. The number of ether oxygens (including phenoxy) is 1. The van der Waals surface area contributed by atoms with Gasteiger partial charge in [-0.1, -0.05) is 13.8 Å². The predicted molar refractivity (Wildman–Crippen MR) is 58.9 cm³/mol. The van der Waals surface area contributed by atoms with Gasteiger partial charge in [0.15, 0.2) is 11.5 Å².